The molecule has 0 aliphatic carbocycles. The van der Waals surface area contributed by atoms with Crippen LogP contribution in [-0.4, -0.2) is 38.1 Å². The standard InChI is InChI=1S/C14H15NO5S2/c1-2-21-8-3-4-9-10(7-8)20-14(15-9)22-11(13(18)19)5-6-12(16)17/h3-4,7,11H,2,5-6H2,1H3,(H,16,17)(H,18,19). The topological polar surface area (TPSA) is 101 Å². The van der Waals surface area contributed by atoms with Crippen LogP contribution in [0.5, 0.6) is 0 Å². The van der Waals surface area contributed by atoms with Crippen LogP contribution in [0.3, 0.4) is 0 Å². The van der Waals surface area contributed by atoms with Gasteiger partial charge in [-0.15, -0.1) is 11.8 Å². The first-order valence-electron chi connectivity index (χ1n) is 6.64. The Labute approximate surface area is 135 Å². The molecule has 8 heteroatoms. The maximum atomic E-state index is 11.2. The van der Waals surface area contributed by atoms with Gasteiger partial charge < -0.3 is 14.6 Å². The molecule has 1 unspecified atom stereocenters. The molecule has 0 saturated heterocycles. The van der Waals surface area contributed by atoms with Gasteiger partial charge in [-0.1, -0.05) is 18.7 Å². The van der Waals surface area contributed by atoms with Crippen molar-refractivity contribution in [3.8, 4) is 0 Å². The molecule has 0 radical (unpaired) electrons. The third kappa shape index (κ3) is 4.41. The van der Waals surface area contributed by atoms with Crippen LogP contribution < -0.4 is 0 Å². The van der Waals surface area contributed by atoms with E-state index in [1.807, 2.05) is 18.2 Å². The minimum absolute atomic E-state index is 0.0188. The summed E-state index contributed by atoms with van der Waals surface area (Å²) >= 11 is 2.61. The Balaban J connectivity index is 2.15. The first-order valence-corrected chi connectivity index (χ1v) is 8.50. The number of rotatable bonds is 8. The Morgan fingerprint density at radius 1 is 1.36 bits per heavy atom. The lowest BCUT2D eigenvalue weighted by molar-refractivity contribution is -0.138. The van der Waals surface area contributed by atoms with Crippen molar-refractivity contribution in [1.82, 2.24) is 4.98 Å². The molecule has 0 saturated carbocycles. The zero-order chi connectivity index (χ0) is 16.1. The molecule has 2 aromatic rings. The summed E-state index contributed by atoms with van der Waals surface area (Å²) in [6.45, 7) is 2.05. The number of carbonyl (C=O) groups is 2. The molecule has 6 nitrogen and oxygen atoms in total. The van der Waals surface area contributed by atoms with Crippen LogP contribution in [0.15, 0.2) is 32.7 Å². The normalized spacial score (nSPS) is 12.4. The summed E-state index contributed by atoms with van der Waals surface area (Å²) < 4.78 is 5.57. The lowest BCUT2D eigenvalue weighted by atomic mass is 10.2. The van der Waals surface area contributed by atoms with Crippen LogP contribution in [0.25, 0.3) is 11.1 Å². The summed E-state index contributed by atoms with van der Waals surface area (Å²) in [4.78, 5) is 27.1. The molecule has 0 bridgehead atoms. The summed E-state index contributed by atoms with van der Waals surface area (Å²) in [6, 6.07) is 5.63. The summed E-state index contributed by atoms with van der Waals surface area (Å²) in [5.41, 5.74) is 1.26. The number of carboxylic acid groups (broad SMARTS) is 2. The van der Waals surface area contributed by atoms with Gasteiger partial charge in [0, 0.05) is 11.3 Å². The molecule has 1 aromatic heterocycles. The number of hydrogen-bond donors (Lipinski definition) is 2. The molecule has 2 N–H and O–H groups in total. The van der Waals surface area contributed by atoms with Gasteiger partial charge in [-0.3, -0.25) is 9.59 Å². The van der Waals surface area contributed by atoms with Gasteiger partial charge in [0.25, 0.3) is 5.22 Å². The molecule has 0 aliphatic heterocycles. The smallest absolute Gasteiger partial charge is 0.317 e. The first kappa shape index (κ1) is 16.7. The molecule has 0 amide bonds. The van der Waals surface area contributed by atoms with Crippen LogP contribution in [0, 0.1) is 0 Å². The monoisotopic (exact) mass is 341 g/mol. The second-order valence-corrected chi connectivity index (χ2v) is 6.91. The number of aliphatic carboxylic acids is 2. The Kier molecular flexibility index (Phi) is 5.73. The number of hydrogen-bond acceptors (Lipinski definition) is 6. The van der Waals surface area contributed by atoms with Gasteiger partial charge in [-0.25, -0.2) is 4.98 Å². The second-order valence-electron chi connectivity index (χ2n) is 4.42. The van der Waals surface area contributed by atoms with Gasteiger partial charge in [0.05, 0.1) is 0 Å². The van der Waals surface area contributed by atoms with E-state index in [9.17, 15) is 9.59 Å². The van der Waals surface area contributed by atoms with Crippen molar-refractivity contribution in [2.75, 3.05) is 5.75 Å². The zero-order valence-corrected chi connectivity index (χ0v) is 13.4. The van der Waals surface area contributed by atoms with Gasteiger partial charge in [0.15, 0.2) is 5.58 Å². The van der Waals surface area contributed by atoms with E-state index in [0.29, 0.717) is 11.1 Å². The van der Waals surface area contributed by atoms with E-state index in [4.69, 9.17) is 14.6 Å². The summed E-state index contributed by atoms with van der Waals surface area (Å²) in [5, 5.41) is 17.2. The van der Waals surface area contributed by atoms with Gasteiger partial charge in [0.1, 0.15) is 10.8 Å². The average Bonchev–Trinajstić information content (AvgIpc) is 2.85. The van der Waals surface area contributed by atoms with E-state index in [-0.39, 0.29) is 18.1 Å². The van der Waals surface area contributed by atoms with E-state index in [1.165, 1.54) is 0 Å². The fourth-order valence-electron chi connectivity index (χ4n) is 1.80. The predicted octanol–water partition coefficient (Wildman–Crippen LogP) is 3.35. The number of aromatic nitrogens is 1. The van der Waals surface area contributed by atoms with Crippen molar-refractivity contribution in [2.24, 2.45) is 0 Å². The van der Waals surface area contributed by atoms with Crippen LogP contribution in [0.1, 0.15) is 19.8 Å². The van der Waals surface area contributed by atoms with E-state index in [2.05, 4.69) is 11.9 Å². The Hall–Kier alpha value is -1.67. The summed E-state index contributed by atoms with van der Waals surface area (Å²) in [7, 11) is 0. The van der Waals surface area contributed by atoms with Crippen LogP contribution in [0.2, 0.25) is 0 Å². The highest BCUT2D eigenvalue weighted by Gasteiger charge is 2.23. The minimum atomic E-state index is -1.07. The molecule has 1 aromatic carbocycles. The predicted molar refractivity (Wildman–Crippen MR) is 84.6 cm³/mol. The van der Waals surface area contributed by atoms with E-state index >= 15 is 0 Å². The molecule has 0 fully saturated rings. The average molecular weight is 341 g/mol. The lowest BCUT2D eigenvalue weighted by Crippen LogP contribution is -2.17. The summed E-state index contributed by atoms with van der Waals surface area (Å²) in [5.74, 6) is -1.15. The molecule has 1 atom stereocenters. The third-order valence-corrected chi connectivity index (χ3v) is 4.76. The van der Waals surface area contributed by atoms with Gasteiger partial charge in [-0.2, -0.15) is 0 Å². The molecule has 0 aliphatic rings. The highest BCUT2D eigenvalue weighted by molar-refractivity contribution is 8.00. The van der Waals surface area contributed by atoms with E-state index < -0.39 is 17.2 Å². The molecular weight excluding hydrogens is 326 g/mol. The second kappa shape index (κ2) is 7.55. The molecule has 1 heterocycles. The lowest BCUT2D eigenvalue weighted by Gasteiger charge is -2.07. The zero-order valence-electron chi connectivity index (χ0n) is 11.8. The number of fused-ring (bicyclic) bond motifs is 1. The summed E-state index contributed by atoms with van der Waals surface area (Å²) in [6.07, 6.45) is -0.188. The number of carboxylic acids is 2. The highest BCUT2D eigenvalue weighted by Crippen LogP contribution is 2.31. The maximum Gasteiger partial charge on any atom is 0.317 e. The minimum Gasteiger partial charge on any atom is -0.481 e. The molecule has 0 spiro atoms. The van der Waals surface area contributed by atoms with Crippen molar-refractivity contribution in [3.63, 3.8) is 0 Å². The van der Waals surface area contributed by atoms with E-state index in [1.54, 1.807) is 11.8 Å². The number of thioether (sulfide) groups is 2. The molecule has 118 valence electrons. The maximum absolute atomic E-state index is 11.2. The Morgan fingerprint density at radius 2 is 2.14 bits per heavy atom. The Morgan fingerprint density at radius 3 is 2.77 bits per heavy atom. The fraction of sp³-hybridized carbons (Fsp3) is 0.357. The highest BCUT2D eigenvalue weighted by atomic mass is 32.2. The van der Waals surface area contributed by atoms with Crippen LogP contribution in [-0.2, 0) is 9.59 Å². The molecule has 2 rings (SSSR count). The van der Waals surface area contributed by atoms with Gasteiger partial charge in [-0.05, 0) is 30.4 Å². The number of oxazole rings is 1. The van der Waals surface area contributed by atoms with Crippen molar-refractivity contribution >= 4 is 46.6 Å². The van der Waals surface area contributed by atoms with Gasteiger partial charge in [0.2, 0.25) is 0 Å². The SMILES string of the molecule is CCSc1ccc2nc(SC(CCC(=O)O)C(=O)O)oc2c1. The first-order chi connectivity index (χ1) is 10.5. The number of nitrogens with zero attached hydrogens (tertiary/aromatic N) is 1. The fourth-order valence-corrected chi connectivity index (χ4v) is 3.36. The van der Waals surface area contributed by atoms with E-state index in [0.717, 1.165) is 22.4 Å². The number of benzene rings is 1. The van der Waals surface area contributed by atoms with Crippen molar-refractivity contribution in [2.45, 2.75) is 35.1 Å². The third-order valence-electron chi connectivity index (χ3n) is 2.79. The van der Waals surface area contributed by atoms with Crippen molar-refractivity contribution < 1.29 is 24.2 Å². The molecule has 22 heavy (non-hydrogen) atoms. The largest absolute Gasteiger partial charge is 0.481 e. The van der Waals surface area contributed by atoms with Gasteiger partial charge >= 0.3 is 11.9 Å². The van der Waals surface area contributed by atoms with Crippen molar-refractivity contribution in [3.05, 3.63) is 18.2 Å². The van der Waals surface area contributed by atoms with Crippen LogP contribution >= 0.6 is 23.5 Å². The van der Waals surface area contributed by atoms with Crippen molar-refractivity contribution in [1.29, 1.82) is 0 Å². The Bertz CT molecular complexity index is 685. The quantitative estimate of drug-likeness (QED) is 0.705. The molecular formula is C14H15NO5S2. The van der Waals surface area contributed by atoms with Crippen LogP contribution in [0.4, 0.5) is 0 Å².